The van der Waals surface area contributed by atoms with E-state index in [0.29, 0.717) is 5.75 Å². The van der Waals surface area contributed by atoms with Crippen molar-refractivity contribution in [2.24, 2.45) is 0 Å². The van der Waals surface area contributed by atoms with Gasteiger partial charge in [-0.15, -0.1) is 11.3 Å². The van der Waals surface area contributed by atoms with E-state index < -0.39 is 10.8 Å². The third-order valence-electron chi connectivity index (χ3n) is 3.66. The van der Waals surface area contributed by atoms with E-state index in [1.54, 1.807) is 11.3 Å². The predicted molar refractivity (Wildman–Crippen MR) is 98.1 cm³/mol. The highest BCUT2D eigenvalue weighted by atomic mass is 32.2. The molecule has 0 aliphatic carbocycles. The molecule has 0 amide bonds. The van der Waals surface area contributed by atoms with Crippen molar-refractivity contribution < 1.29 is 4.21 Å². The van der Waals surface area contributed by atoms with Crippen LogP contribution in [0.15, 0.2) is 66.0 Å². The summed E-state index contributed by atoms with van der Waals surface area (Å²) in [7, 11) is -1.06. The van der Waals surface area contributed by atoms with E-state index in [4.69, 9.17) is 0 Å². The van der Waals surface area contributed by atoms with Crippen LogP contribution in [0.25, 0.3) is 0 Å². The molecule has 1 unspecified atom stereocenters. The van der Waals surface area contributed by atoms with Crippen molar-refractivity contribution in [3.63, 3.8) is 0 Å². The summed E-state index contributed by atoms with van der Waals surface area (Å²) >= 11 is 1.65. The Hall–Kier alpha value is -1.78. The van der Waals surface area contributed by atoms with Gasteiger partial charge in [0.1, 0.15) is 0 Å². The molecule has 0 radical (unpaired) electrons. The fourth-order valence-corrected chi connectivity index (χ4v) is 4.94. The highest BCUT2D eigenvalue weighted by Gasteiger charge is 2.22. The summed E-state index contributed by atoms with van der Waals surface area (Å²) in [5.41, 5.74) is 3.10. The first-order valence-corrected chi connectivity index (χ1v) is 9.94. The smallest absolute Gasteiger partial charge is 0.0925 e. The maximum Gasteiger partial charge on any atom is 0.0925 e. The average Bonchev–Trinajstić information content (AvgIpc) is 3.04. The number of nitrogens with zero attached hydrogens (tertiary/aromatic N) is 1. The second-order valence-electron chi connectivity index (χ2n) is 5.31. The highest BCUT2D eigenvalue weighted by molar-refractivity contribution is 7.84. The van der Waals surface area contributed by atoms with Gasteiger partial charge in [-0.05, 0) is 17.5 Å². The van der Waals surface area contributed by atoms with E-state index >= 15 is 0 Å². The standard InChI is InChI=1S/C19H19NOS2/c1-2-18-20-17(13-22-18)14-23(21)19(15-9-5-3-6-10-15)16-11-7-4-8-12-16/h3-13,19H,2,14H2,1H3. The monoisotopic (exact) mass is 341 g/mol. The lowest BCUT2D eigenvalue weighted by Crippen LogP contribution is -2.10. The molecule has 0 N–H and O–H groups in total. The summed E-state index contributed by atoms with van der Waals surface area (Å²) in [6.07, 6.45) is 0.929. The van der Waals surface area contributed by atoms with Crippen molar-refractivity contribution in [1.29, 1.82) is 0 Å². The van der Waals surface area contributed by atoms with E-state index in [0.717, 1.165) is 28.2 Å². The molecule has 0 saturated carbocycles. The Labute approximate surface area is 143 Å². The molecule has 0 saturated heterocycles. The maximum atomic E-state index is 13.1. The van der Waals surface area contributed by atoms with E-state index in [2.05, 4.69) is 11.9 Å². The topological polar surface area (TPSA) is 30.0 Å². The zero-order valence-electron chi connectivity index (χ0n) is 13.0. The Bertz CT molecular complexity index is 729. The third-order valence-corrected chi connectivity index (χ3v) is 6.35. The first kappa shape index (κ1) is 16.1. The van der Waals surface area contributed by atoms with Gasteiger partial charge in [-0.1, -0.05) is 67.6 Å². The molecule has 1 heterocycles. The van der Waals surface area contributed by atoms with E-state index in [1.807, 2.05) is 66.0 Å². The molecule has 1 atom stereocenters. The molecule has 0 fully saturated rings. The number of rotatable bonds is 6. The molecular formula is C19H19NOS2. The van der Waals surface area contributed by atoms with Crippen LogP contribution in [0.3, 0.4) is 0 Å². The lowest BCUT2D eigenvalue weighted by molar-refractivity contribution is 0.677. The van der Waals surface area contributed by atoms with Gasteiger partial charge in [0.15, 0.2) is 0 Å². The molecule has 0 aliphatic rings. The van der Waals surface area contributed by atoms with Crippen molar-refractivity contribution >= 4 is 22.1 Å². The average molecular weight is 342 g/mol. The molecule has 0 aliphatic heterocycles. The van der Waals surface area contributed by atoms with E-state index in [1.165, 1.54) is 0 Å². The number of thiazole rings is 1. The molecule has 0 spiro atoms. The molecule has 0 bridgehead atoms. The zero-order valence-corrected chi connectivity index (χ0v) is 14.6. The Morgan fingerprint density at radius 1 is 1.00 bits per heavy atom. The molecular weight excluding hydrogens is 322 g/mol. The van der Waals surface area contributed by atoms with Crippen LogP contribution in [0.2, 0.25) is 0 Å². The minimum atomic E-state index is -1.06. The fraction of sp³-hybridized carbons (Fsp3) is 0.211. The molecule has 3 aromatic rings. The van der Waals surface area contributed by atoms with Gasteiger partial charge >= 0.3 is 0 Å². The first-order valence-electron chi connectivity index (χ1n) is 7.68. The molecule has 2 aromatic carbocycles. The Balaban J connectivity index is 1.90. The number of benzene rings is 2. The van der Waals surface area contributed by atoms with Crippen LogP contribution < -0.4 is 0 Å². The number of aromatic nitrogens is 1. The van der Waals surface area contributed by atoms with Crippen molar-refractivity contribution in [2.75, 3.05) is 0 Å². The molecule has 2 nitrogen and oxygen atoms in total. The SMILES string of the molecule is CCc1nc(CS(=O)C(c2ccccc2)c2ccccc2)cs1. The quantitative estimate of drug-likeness (QED) is 0.648. The summed E-state index contributed by atoms with van der Waals surface area (Å²) in [5, 5.41) is 3.01. The minimum absolute atomic E-state index is 0.121. The maximum absolute atomic E-state index is 13.1. The van der Waals surface area contributed by atoms with Gasteiger partial charge in [0.2, 0.25) is 0 Å². The fourth-order valence-electron chi connectivity index (χ4n) is 2.56. The highest BCUT2D eigenvalue weighted by Crippen LogP contribution is 2.30. The van der Waals surface area contributed by atoms with Crippen LogP contribution in [0.1, 0.15) is 34.0 Å². The van der Waals surface area contributed by atoms with Crippen LogP contribution in [0.5, 0.6) is 0 Å². The summed E-state index contributed by atoms with van der Waals surface area (Å²) in [5.74, 6) is 0.491. The first-order chi connectivity index (χ1) is 11.3. The van der Waals surface area contributed by atoms with Gasteiger partial charge in [0.05, 0.1) is 21.7 Å². The number of hydrogen-bond acceptors (Lipinski definition) is 3. The van der Waals surface area contributed by atoms with Crippen LogP contribution in [0, 0.1) is 0 Å². The Morgan fingerprint density at radius 3 is 2.04 bits per heavy atom. The lowest BCUT2D eigenvalue weighted by atomic mass is 10.0. The third kappa shape index (κ3) is 3.95. The molecule has 118 valence electrons. The van der Waals surface area contributed by atoms with Crippen molar-refractivity contribution in [2.45, 2.75) is 24.3 Å². The molecule has 1 aromatic heterocycles. The van der Waals surface area contributed by atoms with Crippen molar-refractivity contribution in [3.05, 3.63) is 87.9 Å². The predicted octanol–water partition coefficient (Wildman–Crippen LogP) is 4.74. The Morgan fingerprint density at radius 2 is 1.57 bits per heavy atom. The van der Waals surface area contributed by atoms with Gasteiger partial charge in [-0.25, -0.2) is 4.98 Å². The summed E-state index contributed by atoms with van der Waals surface area (Å²) in [6, 6.07) is 20.2. The number of aryl methyl sites for hydroxylation is 1. The Kier molecular flexibility index (Phi) is 5.36. The van der Waals surface area contributed by atoms with Crippen molar-refractivity contribution in [3.8, 4) is 0 Å². The normalized spacial score (nSPS) is 12.4. The molecule has 23 heavy (non-hydrogen) atoms. The number of hydrogen-bond donors (Lipinski definition) is 0. The van der Waals surface area contributed by atoms with Crippen molar-refractivity contribution in [1.82, 2.24) is 4.98 Å². The van der Waals surface area contributed by atoms with Crippen LogP contribution in [0.4, 0.5) is 0 Å². The molecule has 3 rings (SSSR count). The van der Waals surface area contributed by atoms with Crippen LogP contribution in [-0.2, 0) is 23.0 Å². The molecule has 4 heteroatoms. The second kappa shape index (κ2) is 7.66. The second-order valence-corrected chi connectivity index (χ2v) is 7.78. The summed E-state index contributed by atoms with van der Waals surface area (Å²) in [4.78, 5) is 4.56. The minimum Gasteiger partial charge on any atom is -0.258 e. The summed E-state index contributed by atoms with van der Waals surface area (Å²) < 4.78 is 13.1. The lowest BCUT2D eigenvalue weighted by Gasteiger charge is -2.17. The zero-order chi connectivity index (χ0) is 16.1. The van der Waals surface area contributed by atoms with Crippen LogP contribution >= 0.6 is 11.3 Å². The van der Waals surface area contributed by atoms with Gasteiger partial charge in [0, 0.05) is 16.2 Å². The van der Waals surface area contributed by atoms with Crippen LogP contribution in [-0.4, -0.2) is 9.19 Å². The van der Waals surface area contributed by atoms with Gasteiger partial charge in [-0.3, -0.25) is 4.21 Å². The summed E-state index contributed by atoms with van der Waals surface area (Å²) in [6.45, 7) is 2.09. The van der Waals surface area contributed by atoms with Gasteiger partial charge in [0.25, 0.3) is 0 Å². The van der Waals surface area contributed by atoms with Gasteiger partial charge in [-0.2, -0.15) is 0 Å². The van der Waals surface area contributed by atoms with E-state index in [-0.39, 0.29) is 5.25 Å². The van der Waals surface area contributed by atoms with Gasteiger partial charge < -0.3 is 0 Å². The van der Waals surface area contributed by atoms with E-state index in [9.17, 15) is 4.21 Å². The largest absolute Gasteiger partial charge is 0.258 e.